The summed E-state index contributed by atoms with van der Waals surface area (Å²) in [5.74, 6) is -2.51. The number of rotatable bonds is 8. The van der Waals surface area contributed by atoms with E-state index < -0.39 is 11.9 Å². The van der Waals surface area contributed by atoms with Crippen molar-refractivity contribution in [3.8, 4) is 0 Å². The molecular formula is C34H33N5O5. The zero-order chi connectivity index (χ0) is 31.2. The molecule has 1 saturated heterocycles. The van der Waals surface area contributed by atoms with Crippen LogP contribution in [0.1, 0.15) is 33.0 Å². The number of aryl methyl sites for hydroxylation is 1. The summed E-state index contributed by atoms with van der Waals surface area (Å²) in [6, 6.07) is 24.7. The van der Waals surface area contributed by atoms with E-state index in [0.717, 1.165) is 22.4 Å². The maximum Gasteiger partial charge on any atom is 0.326 e. The van der Waals surface area contributed by atoms with Gasteiger partial charge in [0.1, 0.15) is 0 Å². The van der Waals surface area contributed by atoms with E-state index in [-0.39, 0.29) is 43.3 Å². The number of para-hydroxylation sites is 1. The average Bonchev–Trinajstić information content (AvgIpc) is 3.48. The molecule has 3 N–H and O–H groups in total. The summed E-state index contributed by atoms with van der Waals surface area (Å²) in [7, 11) is 1.71. The molecule has 2 heterocycles. The Bertz CT molecular complexity index is 1660. The third kappa shape index (κ3) is 6.92. The van der Waals surface area contributed by atoms with Gasteiger partial charge in [-0.3, -0.25) is 24.3 Å². The van der Waals surface area contributed by atoms with Crippen LogP contribution in [-0.2, 0) is 16.0 Å². The lowest BCUT2D eigenvalue weighted by atomic mass is 9.89. The number of urea groups is 1. The molecule has 1 aromatic heterocycles. The second-order valence-corrected chi connectivity index (χ2v) is 10.8. The molecule has 1 aliphatic rings. The van der Waals surface area contributed by atoms with E-state index >= 15 is 0 Å². The normalized spacial score (nSPS) is 15.8. The van der Waals surface area contributed by atoms with Crippen molar-refractivity contribution in [2.24, 2.45) is 5.92 Å². The number of nitrogens with one attached hydrogen (secondary N) is 2. The number of benzene rings is 3. The quantitative estimate of drug-likeness (QED) is 0.259. The van der Waals surface area contributed by atoms with Crippen molar-refractivity contribution in [1.29, 1.82) is 0 Å². The molecule has 0 bridgehead atoms. The molecule has 2 atom stereocenters. The van der Waals surface area contributed by atoms with E-state index in [1.54, 1.807) is 77.5 Å². The lowest BCUT2D eigenvalue weighted by Crippen LogP contribution is -2.31. The van der Waals surface area contributed by atoms with Crippen molar-refractivity contribution in [3.63, 3.8) is 0 Å². The number of hydrogen-bond acceptors (Lipinski definition) is 5. The zero-order valence-corrected chi connectivity index (χ0v) is 24.4. The fourth-order valence-corrected chi connectivity index (χ4v) is 5.40. The predicted molar refractivity (Wildman–Crippen MR) is 168 cm³/mol. The van der Waals surface area contributed by atoms with Crippen LogP contribution in [0.5, 0.6) is 0 Å². The molecular weight excluding hydrogens is 558 g/mol. The molecule has 0 spiro atoms. The highest BCUT2D eigenvalue weighted by Gasteiger charge is 2.40. The van der Waals surface area contributed by atoms with Crippen molar-refractivity contribution >= 4 is 40.9 Å². The fraction of sp³-hybridized carbons (Fsp3) is 0.206. The Kier molecular flexibility index (Phi) is 8.99. The first-order chi connectivity index (χ1) is 21.2. The summed E-state index contributed by atoms with van der Waals surface area (Å²) < 4.78 is 0. The zero-order valence-electron chi connectivity index (χ0n) is 24.4. The van der Waals surface area contributed by atoms with Gasteiger partial charge in [0.05, 0.1) is 12.3 Å². The van der Waals surface area contributed by atoms with Gasteiger partial charge in [-0.2, -0.15) is 0 Å². The summed E-state index contributed by atoms with van der Waals surface area (Å²) >= 11 is 0. The molecule has 1 aliphatic heterocycles. The Morgan fingerprint density at radius 3 is 2.16 bits per heavy atom. The van der Waals surface area contributed by atoms with Crippen LogP contribution >= 0.6 is 0 Å². The van der Waals surface area contributed by atoms with Crippen LogP contribution in [0.3, 0.4) is 0 Å². The third-order valence-corrected chi connectivity index (χ3v) is 7.83. The van der Waals surface area contributed by atoms with Crippen molar-refractivity contribution < 1.29 is 24.3 Å². The maximum absolute atomic E-state index is 12.9. The van der Waals surface area contributed by atoms with Gasteiger partial charge in [0.25, 0.3) is 5.91 Å². The van der Waals surface area contributed by atoms with Gasteiger partial charge in [-0.25, -0.2) is 4.79 Å². The summed E-state index contributed by atoms with van der Waals surface area (Å²) in [5, 5.41) is 15.6. The first kappa shape index (κ1) is 30.0. The van der Waals surface area contributed by atoms with Gasteiger partial charge in [-0.05, 0) is 66.1 Å². The van der Waals surface area contributed by atoms with Crippen LogP contribution in [-0.4, -0.2) is 58.9 Å². The Balaban J connectivity index is 1.16. The van der Waals surface area contributed by atoms with Gasteiger partial charge in [0.2, 0.25) is 5.91 Å². The molecule has 2 unspecified atom stereocenters. The van der Waals surface area contributed by atoms with Gasteiger partial charge >= 0.3 is 12.0 Å². The number of likely N-dealkylation sites (tertiary alicyclic amines) is 1. The molecule has 3 aromatic carbocycles. The number of aliphatic carboxylic acids is 1. The summed E-state index contributed by atoms with van der Waals surface area (Å²) in [4.78, 5) is 57.4. The van der Waals surface area contributed by atoms with Crippen LogP contribution in [0.4, 0.5) is 21.9 Å². The predicted octanol–water partition coefficient (Wildman–Crippen LogP) is 5.18. The van der Waals surface area contributed by atoms with E-state index in [0.29, 0.717) is 16.9 Å². The molecule has 5 rings (SSSR count). The van der Waals surface area contributed by atoms with E-state index in [1.165, 1.54) is 12.4 Å². The molecule has 0 saturated carbocycles. The largest absolute Gasteiger partial charge is 0.481 e. The molecule has 224 valence electrons. The standard InChI is InChI=1S/C34H33N5O5/c1-22-5-3-4-6-30(22)38(2)34(44)37-27-11-7-23(8-12-27)19-31(40)36-26-13-9-24(10-14-26)28-20-39(21-29(28)33(42)43)32(41)25-15-17-35-18-16-25/h3-18,28-29H,19-21H2,1-2H3,(H,36,40)(H,37,44)(H,42,43). The number of carbonyl (C=O) groups is 4. The van der Waals surface area contributed by atoms with Gasteiger partial charge < -0.3 is 20.6 Å². The van der Waals surface area contributed by atoms with Crippen LogP contribution < -0.4 is 15.5 Å². The van der Waals surface area contributed by atoms with Gasteiger partial charge in [-0.1, -0.05) is 42.5 Å². The van der Waals surface area contributed by atoms with Crippen molar-refractivity contribution in [3.05, 3.63) is 120 Å². The SMILES string of the molecule is Cc1ccccc1N(C)C(=O)Nc1ccc(CC(=O)Nc2ccc(C3CN(C(=O)c4ccncc4)CC3C(=O)O)cc2)cc1. The van der Waals surface area contributed by atoms with E-state index in [1.807, 2.05) is 31.2 Å². The highest BCUT2D eigenvalue weighted by molar-refractivity contribution is 6.02. The molecule has 44 heavy (non-hydrogen) atoms. The topological polar surface area (TPSA) is 132 Å². The van der Waals surface area contributed by atoms with E-state index in [2.05, 4.69) is 15.6 Å². The number of nitrogens with zero attached hydrogens (tertiary/aromatic N) is 3. The minimum atomic E-state index is -0.957. The molecule has 0 radical (unpaired) electrons. The minimum Gasteiger partial charge on any atom is -0.481 e. The van der Waals surface area contributed by atoms with Gasteiger partial charge in [-0.15, -0.1) is 0 Å². The lowest BCUT2D eigenvalue weighted by Gasteiger charge is -2.20. The molecule has 4 aromatic rings. The maximum atomic E-state index is 12.9. The van der Waals surface area contributed by atoms with E-state index in [9.17, 15) is 24.3 Å². The number of carboxylic acids is 1. The summed E-state index contributed by atoms with van der Waals surface area (Å²) in [6.07, 6.45) is 3.20. The van der Waals surface area contributed by atoms with Crippen molar-refractivity contribution in [2.75, 3.05) is 35.7 Å². The monoisotopic (exact) mass is 591 g/mol. The molecule has 10 nitrogen and oxygen atoms in total. The fourth-order valence-electron chi connectivity index (χ4n) is 5.40. The third-order valence-electron chi connectivity index (χ3n) is 7.83. The molecule has 1 fully saturated rings. The van der Waals surface area contributed by atoms with Crippen LogP contribution in [0.2, 0.25) is 0 Å². The highest BCUT2D eigenvalue weighted by Crippen LogP contribution is 2.34. The van der Waals surface area contributed by atoms with Crippen molar-refractivity contribution in [2.45, 2.75) is 19.3 Å². The Morgan fingerprint density at radius 2 is 1.50 bits per heavy atom. The molecule has 10 heteroatoms. The van der Waals surface area contributed by atoms with Gasteiger partial charge in [0.15, 0.2) is 0 Å². The Labute approximate surface area is 255 Å². The lowest BCUT2D eigenvalue weighted by molar-refractivity contribution is -0.141. The first-order valence-electron chi connectivity index (χ1n) is 14.2. The molecule has 0 aliphatic carbocycles. The Hall–Kier alpha value is -5.51. The second-order valence-electron chi connectivity index (χ2n) is 10.8. The first-order valence-corrected chi connectivity index (χ1v) is 14.2. The van der Waals surface area contributed by atoms with E-state index in [4.69, 9.17) is 0 Å². The number of amides is 4. The smallest absolute Gasteiger partial charge is 0.326 e. The number of pyridine rings is 1. The highest BCUT2D eigenvalue weighted by atomic mass is 16.4. The number of aromatic nitrogens is 1. The summed E-state index contributed by atoms with van der Waals surface area (Å²) in [6.45, 7) is 2.34. The number of anilines is 3. The number of carboxylic acid groups (broad SMARTS) is 1. The van der Waals surface area contributed by atoms with Crippen LogP contribution in [0.15, 0.2) is 97.3 Å². The average molecular weight is 592 g/mol. The van der Waals surface area contributed by atoms with Crippen LogP contribution in [0.25, 0.3) is 0 Å². The molecule has 4 amide bonds. The van der Waals surface area contributed by atoms with Gasteiger partial charge in [0, 0.05) is 61.1 Å². The Morgan fingerprint density at radius 1 is 0.864 bits per heavy atom. The number of hydrogen-bond donors (Lipinski definition) is 3. The van der Waals surface area contributed by atoms with Crippen LogP contribution in [0, 0.1) is 12.8 Å². The number of carbonyl (C=O) groups excluding carboxylic acids is 3. The second kappa shape index (κ2) is 13.2. The van der Waals surface area contributed by atoms with Crippen molar-refractivity contribution in [1.82, 2.24) is 9.88 Å². The summed E-state index contributed by atoms with van der Waals surface area (Å²) in [5.41, 5.74) is 5.02. The minimum absolute atomic E-state index is 0.117.